The molecule has 0 radical (unpaired) electrons. The lowest BCUT2D eigenvalue weighted by atomic mass is 10.1. The maximum atomic E-state index is 10.5. The molecule has 6 heteroatoms. The van der Waals surface area contributed by atoms with E-state index in [-0.39, 0.29) is 0 Å². The quantitative estimate of drug-likeness (QED) is 0.804. The van der Waals surface area contributed by atoms with E-state index in [2.05, 4.69) is 10.2 Å². The lowest BCUT2D eigenvalue weighted by Gasteiger charge is -2.29. The molecule has 6 nitrogen and oxygen atoms in total. The highest BCUT2D eigenvalue weighted by Crippen LogP contribution is 2.42. The van der Waals surface area contributed by atoms with Gasteiger partial charge in [-0.1, -0.05) is 0 Å². The summed E-state index contributed by atoms with van der Waals surface area (Å²) in [6, 6.07) is 3.62. The summed E-state index contributed by atoms with van der Waals surface area (Å²) >= 11 is 0. The van der Waals surface area contributed by atoms with E-state index in [0.717, 1.165) is 26.2 Å². The molecule has 0 spiro atoms. The van der Waals surface area contributed by atoms with Crippen molar-refractivity contribution in [3.63, 3.8) is 0 Å². The predicted molar refractivity (Wildman–Crippen MR) is 80.4 cm³/mol. The van der Waals surface area contributed by atoms with Crippen LogP contribution in [0.4, 0.5) is 0 Å². The third kappa shape index (κ3) is 3.58. The smallest absolute Gasteiger partial charge is 0.203 e. The maximum absolute atomic E-state index is 10.5. The maximum Gasteiger partial charge on any atom is 0.203 e. The molecule has 21 heavy (non-hydrogen) atoms. The van der Waals surface area contributed by atoms with Crippen molar-refractivity contribution in [1.29, 1.82) is 0 Å². The van der Waals surface area contributed by atoms with E-state index >= 15 is 0 Å². The van der Waals surface area contributed by atoms with Gasteiger partial charge < -0.3 is 24.6 Å². The van der Waals surface area contributed by atoms with Crippen LogP contribution < -0.4 is 19.5 Å². The van der Waals surface area contributed by atoms with Gasteiger partial charge in [-0.3, -0.25) is 4.90 Å². The van der Waals surface area contributed by atoms with Gasteiger partial charge in [-0.25, -0.2) is 0 Å². The summed E-state index contributed by atoms with van der Waals surface area (Å²) in [5.41, 5.74) is 0.716. The summed E-state index contributed by atoms with van der Waals surface area (Å²) in [7, 11) is 4.71. The first-order valence-electron chi connectivity index (χ1n) is 7.11. The van der Waals surface area contributed by atoms with Crippen molar-refractivity contribution in [2.45, 2.75) is 6.10 Å². The molecule has 1 atom stereocenters. The minimum Gasteiger partial charge on any atom is -0.493 e. The summed E-state index contributed by atoms with van der Waals surface area (Å²) in [6.07, 6.45) is -0.627. The van der Waals surface area contributed by atoms with Crippen molar-refractivity contribution in [2.75, 3.05) is 54.1 Å². The Bertz CT molecular complexity index is 461. The van der Waals surface area contributed by atoms with Gasteiger partial charge in [-0.2, -0.15) is 0 Å². The number of rotatable bonds is 6. The summed E-state index contributed by atoms with van der Waals surface area (Å²) in [6.45, 7) is 4.36. The Labute approximate surface area is 125 Å². The SMILES string of the molecule is COc1ccc(C(O)CN2CCNCC2)c(OC)c1OC. The Morgan fingerprint density at radius 2 is 1.76 bits per heavy atom. The summed E-state index contributed by atoms with van der Waals surface area (Å²) in [4.78, 5) is 2.23. The summed E-state index contributed by atoms with van der Waals surface area (Å²) < 4.78 is 16.0. The molecule has 1 aliphatic rings. The molecular formula is C15H24N2O4. The fourth-order valence-corrected chi connectivity index (χ4v) is 2.62. The number of hydrogen-bond acceptors (Lipinski definition) is 6. The van der Waals surface area contributed by atoms with Crippen molar-refractivity contribution in [1.82, 2.24) is 10.2 Å². The highest BCUT2D eigenvalue weighted by atomic mass is 16.5. The average Bonchev–Trinajstić information content (AvgIpc) is 2.53. The number of piperazine rings is 1. The normalized spacial score (nSPS) is 17.3. The number of aliphatic hydroxyl groups is 1. The topological polar surface area (TPSA) is 63.2 Å². The van der Waals surface area contributed by atoms with E-state index in [1.54, 1.807) is 27.4 Å². The van der Waals surface area contributed by atoms with E-state index in [4.69, 9.17) is 14.2 Å². The molecule has 2 N–H and O–H groups in total. The zero-order chi connectivity index (χ0) is 15.2. The Morgan fingerprint density at radius 3 is 2.33 bits per heavy atom. The first-order valence-corrected chi connectivity index (χ1v) is 7.11. The second kappa shape index (κ2) is 7.49. The molecule has 0 aliphatic carbocycles. The van der Waals surface area contributed by atoms with Crippen molar-refractivity contribution in [3.8, 4) is 17.2 Å². The fourth-order valence-electron chi connectivity index (χ4n) is 2.62. The molecule has 1 aromatic carbocycles. The molecular weight excluding hydrogens is 272 g/mol. The second-order valence-electron chi connectivity index (χ2n) is 4.99. The van der Waals surface area contributed by atoms with Gasteiger partial charge in [0.1, 0.15) is 0 Å². The molecule has 0 saturated carbocycles. The van der Waals surface area contributed by atoms with Gasteiger partial charge >= 0.3 is 0 Å². The van der Waals surface area contributed by atoms with Crippen LogP contribution in [0.2, 0.25) is 0 Å². The number of ether oxygens (including phenoxy) is 3. The molecule has 118 valence electrons. The zero-order valence-electron chi connectivity index (χ0n) is 12.9. The first kappa shape index (κ1) is 15.9. The van der Waals surface area contributed by atoms with Gasteiger partial charge in [0.25, 0.3) is 0 Å². The molecule has 1 aromatic rings. The van der Waals surface area contributed by atoms with Gasteiger partial charge in [0, 0.05) is 38.3 Å². The lowest BCUT2D eigenvalue weighted by molar-refractivity contribution is 0.103. The van der Waals surface area contributed by atoms with E-state index in [0.29, 0.717) is 29.4 Å². The zero-order valence-corrected chi connectivity index (χ0v) is 12.9. The Kier molecular flexibility index (Phi) is 5.67. The highest BCUT2D eigenvalue weighted by Gasteiger charge is 2.23. The predicted octanol–water partition coefficient (Wildman–Crippen LogP) is 0.651. The number of benzene rings is 1. The van der Waals surface area contributed by atoms with E-state index in [9.17, 15) is 5.11 Å². The molecule has 1 unspecified atom stereocenters. The summed E-state index contributed by atoms with van der Waals surface area (Å²) in [5.74, 6) is 1.63. The average molecular weight is 296 g/mol. The van der Waals surface area contributed by atoms with Crippen LogP contribution in [-0.2, 0) is 0 Å². The van der Waals surface area contributed by atoms with Crippen LogP contribution in [0.3, 0.4) is 0 Å². The number of methoxy groups -OCH3 is 3. The van der Waals surface area contributed by atoms with Crippen LogP contribution >= 0.6 is 0 Å². The third-order valence-corrected chi connectivity index (χ3v) is 3.73. The number of β-amino-alcohol motifs (C(OH)–C–C–N with tert-alkyl or cyclic N) is 1. The van der Waals surface area contributed by atoms with Crippen LogP contribution in [0.5, 0.6) is 17.2 Å². The van der Waals surface area contributed by atoms with Gasteiger partial charge in [0.05, 0.1) is 27.4 Å². The van der Waals surface area contributed by atoms with Crippen LogP contribution in [0.15, 0.2) is 12.1 Å². The van der Waals surface area contributed by atoms with Gasteiger partial charge in [0.15, 0.2) is 11.5 Å². The van der Waals surface area contributed by atoms with E-state index < -0.39 is 6.10 Å². The molecule has 1 aliphatic heterocycles. The molecule has 1 fully saturated rings. The number of hydrogen-bond donors (Lipinski definition) is 2. The molecule has 0 amide bonds. The van der Waals surface area contributed by atoms with Crippen molar-refractivity contribution < 1.29 is 19.3 Å². The number of nitrogens with one attached hydrogen (secondary N) is 1. The Hall–Kier alpha value is -1.50. The van der Waals surface area contributed by atoms with Crippen molar-refractivity contribution in [2.24, 2.45) is 0 Å². The minimum absolute atomic E-state index is 0.511. The monoisotopic (exact) mass is 296 g/mol. The molecule has 2 rings (SSSR count). The Balaban J connectivity index is 2.21. The summed E-state index contributed by atoms with van der Waals surface area (Å²) in [5, 5.41) is 13.8. The van der Waals surface area contributed by atoms with Crippen LogP contribution in [0.1, 0.15) is 11.7 Å². The highest BCUT2D eigenvalue weighted by molar-refractivity contribution is 5.56. The Morgan fingerprint density at radius 1 is 1.10 bits per heavy atom. The van der Waals surface area contributed by atoms with Crippen LogP contribution in [0, 0.1) is 0 Å². The molecule has 1 heterocycles. The van der Waals surface area contributed by atoms with Crippen LogP contribution in [0.25, 0.3) is 0 Å². The van der Waals surface area contributed by atoms with E-state index in [1.807, 2.05) is 6.07 Å². The number of aliphatic hydroxyl groups excluding tert-OH is 1. The molecule has 0 aromatic heterocycles. The number of nitrogens with zero attached hydrogens (tertiary/aromatic N) is 1. The minimum atomic E-state index is -0.627. The van der Waals surface area contributed by atoms with Crippen molar-refractivity contribution >= 4 is 0 Å². The largest absolute Gasteiger partial charge is 0.493 e. The van der Waals surface area contributed by atoms with Gasteiger partial charge in [-0.05, 0) is 12.1 Å². The lowest BCUT2D eigenvalue weighted by Crippen LogP contribution is -2.45. The van der Waals surface area contributed by atoms with Gasteiger partial charge in [-0.15, -0.1) is 0 Å². The van der Waals surface area contributed by atoms with Crippen molar-refractivity contribution in [3.05, 3.63) is 17.7 Å². The standard InChI is InChI=1S/C15H24N2O4/c1-19-13-5-4-11(14(20-2)15(13)21-3)12(18)10-17-8-6-16-7-9-17/h4-5,12,16,18H,6-10H2,1-3H3. The van der Waals surface area contributed by atoms with E-state index in [1.165, 1.54) is 0 Å². The third-order valence-electron chi connectivity index (χ3n) is 3.73. The first-order chi connectivity index (χ1) is 10.2. The fraction of sp³-hybridized carbons (Fsp3) is 0.600. The molecule has 1 saturated heterocycles. The molecule has 0 bridgehead atoms. The van der Waals surface area contributed by atoms with Gasteiger partial charge in [0.2, 0.25) is 5.75 Å². The second-order valence-corrected chi connectivity index (χ2v) is 4.99. The van der Waals surface area contributed by atoms with Crippen LogP contribution in [-0.4, -0.2) is 64.1 Å².